The van der Waals surface area contributed by atoms with Crippen LogP contribution in [0.3, 0.4) is 0 Å². The molecule has 1 aromatic heterocycles. The molecule has 3 nitrogen and oxygen atoms in total. The third-order valence-electron chi connectivity index (χ3n) is 2.55. The lowest BCUT2D eigenvalue weighted by Gasteiger charge is -2.17. The maximum Gasteiger partial charge on any atom is 0.263 e. The Balaban J connectivity index is 2.19. The van der Waals surface area contributed by atoms with E-state index in [-0.39, 0.29) is 15.5 Å². The smallest absolute Gasteiger partial charge is 0.263 e. The van der Waals surface area contributed by atoms with Crippen LogP contribution in [0.1, 0.15) is 5.56 Å². The Morgan fingerprint density at radius 1 is 1.42 bits per heavy atom. The van der Waals surface area contributed by atoms with Gasteiger partial charge in [-0.25, -0.2) is 4.39 Å². The van der Waals surface area contributed by atoms with Crippen LogP contribution in [0.25, 0.3) is 0 Å². The van der Waals surface area contributed by atoms with Crippen LogP contribution in [-0.4, -0.2) is 14.2 Å². The van der Waals surface area contributed by atoms with Gasteiger partial charge in [-0.15, -0.1) is 0 Å². The van der Waals surface area contributed by atoms with Crippen molar-refractivity contribution in [1.82, 2.24) is 0 Å². The molecule has 1 aromatic carbocycles. The van der Waals surface area contributed by atoms with E-state index in [0.717, 1.165) is 15.9 Å². The van der Waals surface area contributed by atoms with E-state index in [1.165, 1.54) is 23.5 Å². The highest BCUT2D eigenvalue weighted by Gasteiger charge is 2.13. The van der Waals surface area contributed by atoms with E-state index < -0.39 is 5.82 Å². The number of methoxy groups -OCH3 is 1. The lowest BCUT2D eigenvalue weighted by molar-refractivity contribution is 0.386. The summed E-state index contributed by atoms with van der Waals surface area (Å²) in [4.78, 5) is 13.2. The molecule has 102 valence electrons. The maximum absolute atomic E-state index is 13.6. The zero-order valence-electron chi connectivity index (χ0n) is 10.3. The minimum absolute atomic E-state index is 0.144. The number of benzene rings is 1. The van der Waals surface area contributed by atoms with Crippen molar-refractivity contribution in [2.75, 3.05) is 19.1 Å². The van der Waals surface area contributed by atoms with Crippen molar-refractivity contribution < 1.29 is 9.13 Å². The predicted octanol–water partition coefficient (Wildman–Crippen LogP) is 3.61. The molecule has 0 saturated carbocycles. The molecule has 0 N–H and O–H groups in total. The van der Waals surface area contributed by atoms with Gasteiger partial charge in [0, 0.05) is 13.6 Å². The Morgan fingerprint density at radius 3 is 2.68 bits per heavy atom. The second-order valence-corrected chi connectivity index (χ2v) is 6.37. The lowest BCUT2D eigenvalue weighted by atomic mass is 10.2. The molecule has 0 unspecified atom stereocenters. The molecule has 19 heavy (non-hydrogen) atoms. The summed E-state index contributed by atoms with van der Waals surface area (Å²) in [5, 5.41) is 0.930. The largest absolute Gasteiger partial charge is 0.494 e. The Bertz CT molecular complexity index is 641. The van der Waals surface area contributed by atoms with Crippen LogP contribution in [0.15, 0.2) is 23.0 Å². The third kappa shape index (κ3) is 3.08. The molecule has 0 aliphatic carbocycles. The minimum Gasteiger partial charge on any atom is -0.494 e. The zero-order chi connectivity index (χ0) is 14.0. The van der Waals surface area contributed by atoms with Gasteiger partial charge in [0.1, 0.15) is 10.0 Å². The normalized spacial score (nSPS) is 10.5. The highest BCUT2D eigenvalue weighted by atomic mass is 35.5. The molecule has 0 atom stereocenters. The zero-order valence-corrected chi connectivity index (χ0v) is 12.7. The predicted molar refractivity (Wildman–Crippen MR) is 78.5 cm³/mol. The summed E-state index contributed by atoms with van der Waals surface area (Å²) in [6, 6.07) is 4.77. The fraction of sp³-hybridized carbons (Fsp3) is 0.250. The Labute approximate surface area is 122 Å². The molecule has 0 radical (unpaired) electrons. The molecule has 0 saturated heterocycles. The number of anilines is 1. The van der Waals surface area contributed by atoms with Gasteiger partial charge in [0.25, 0.3) is 4.74 Å². The Hall–Kier alpha value is -1.11. The molecule has 0 aliphatic heterocycles. The van der Waals surface area contributed by atoms with Gasteiger partial charge >= 0.3 is 0 Å². The highest BCUT2D eigenvalue weighted by Crippen LogP contribution is 2.31. The summed E-state index contributed by atoms with van der Waals surface area (Å²) >= 11 is 5.92. The maximum atomic E-state index is 13.6. The van der Waals surface area contributed by atoms with Crippen molar-refractivity contribution in [3.63, 3.8) is 0 Å². The number of hydrogen-bond acceptors (Lipinski definition) is 5. The lowest BCUT2D eigenvalue weighted by Crippen LogP contribution is -2.16. The first-order chi connectivity index (χ1) is 9.02. The van der Waals surface area contributed by atoms with E-state index in [4.69, 9.17) is 16.3 Å². The van der Waals surface area contributed by atoms with Gasteiger partial charge in [-0.1, -0.05) is 28.0 Å². The third-order valence-corrected chi connectivity index (χ3v) is 5.41. The standard InChI is InChI=1S/C12H11ClFNO2S2/c1-15(11-10(13)12(16)19-18-11)6-7-3-4-9(17-2)8(14)5-7/h3-5H,6H2,1-2H3. The average Bonchev–Trinajstić information content (AvgIpc) is 2.70. The summed E-state index contributed by atoms with van der Waals surface area (Å²) < 4.78 is 18.3. The van der Waals surface area contributed by atoms with Crippen molar-refractivity contribution in [1.29, 1.82) is 0 Å². The topological polar surface area (TPSA) is 29.5 Å². The second kappa shape index (κ2) is 5.90. The van der Waals surface area contributed by atoms with Crippen LogP contribution >= 0.6 is 32.3 Å². The van der Waals surface area contributed by atoms with Crippen LogP contribution in [0, 0.1) is 5.82 Å². The molecule has 0 spiro atoms. The Kier molecular flexibility index (Phi) is 4.44. The van der Waals surface area contributed by atoms with E-state index >= 15 is 0 Å². The summed E-state index contributed by atoms with van der Waals surface area (Å²) in [6.45, 7) is 0.466. The first kappa shape index (κ1) is 14.3. The summed E-state index contributed by atoms with van der Waals surface area (Å²) in [5.41, 5.74) is 0.780. The molecule has 7 heteroatoms. The van der Waals surface area contributed by atoms with E-state index in [1.54, 1.807) is 12.1 Å². The molecule has 0 fully saturated rings. The molecule has 0 bridgehead atoms. The first-order valence-corrected chi connectivity index (χ1v) is 7.88. The average molecular weight is 320 g/mol. The van der Waals surface area contributed by atoms with Gasteiger partial charge in [-0.3, -0.25) is 4.79 Å². The number of halogens is 2. The fourth-order valence-corrected chi connectivity index (χ4v) is 4.37. The Morgan fingerprint density at radius 2 is 2.16 bits per heavy atom. The van der Waals surface area contributed by atoms with Crippen LogP contribution in [0.4, 0.5) is 9.39 Å². The summed E-state index contributed by atoms with van der Waals surface area (Å²) in [7, 11) is 5.65. The summed E-state index contributed by atoms with van der Waals surface area (Å²) in [5.74, 6) is -0.192. The van der Waals surface area contributed by atoms with Crippen molar-refractivity contribution in [3.8, 4) is 5.75 Å². The number of hydrogen-bond donors (Lipinski definition) is 0. The minimum atomic E-state index is -0.405. The SMILES string of the molecule is COc1ccc(CN(C)c2ssc(=O)c2Cl)cc1F. The van der Waals surface area contributed by atoms with E-state index in [0.29, 0.717) is 11.5 Å². The van der Waals surface area contributed by atoms with E-state index in [2.05, 4.69) is 0 Å². The summed E-state index contributed by atoms with van der Waals surface area (Å²) in [6.07, 6.45) is 0. The van der Waals surface area contributed by atoms with Gasteiger partial charge in [0.2, 0.25) is 0 Å². The van der Waals surface area contributed by atoms with Crippen molar-refractivity contribution in [2.24, 2.45) is 0 Å². The van der Waals surface area contributed by atoms with E-state index in [9.17, 15) is 9.18 Å². The molecule has 1 heterocycles. The molecular weight excluding hydrogens is 309 g/mol. The van der Waals surface area contributed by atoms with Crippen molar-refractivity contribution in [3.05, 3.63) is 44.1 Å². The first-order valence-electron chi connectivity index (χ1n) is 5.35. The second-order valence-electron chi connectivity index (χ2n) is 3.90. The highest BCUT2D eigenvalue weighted by molar-refractivity contribution is 7.70. The van der Waals surface area contributed by atoms with Crippen LogP contribution in [0.2, 0.25) is 5.02 Å². The van der Waals surface area contributed by atoms with Gasteiger partial charge in [0.15, 0.2) is 11.6 Å². The quantitative estimate of drug-likeness (QED) is 0.806. The van der Waals surface area contributed by atoms with Crippen LogP contribution < -0.4 is 14.4 Å². The van der Waals surface area contributed by atoms with E-state index in [1.807, 2.05) is 11.9 Å². The van der Waals surface area contributed by atoms with Crippen LogP contribution in [0.5, 0.6) is 5.75 Å². The fourth-order valence-electron chi connectivity index (χ4n) is 1.62. The van der Waals surface area contributed by atoms with Crippen molar-refractivity contribution in [2.45, 2.75) is 6.54 Å². The van der Waals surface area contributed by atoms with Crippen molar-refractivity contribution >= 4 is 37.3 Å². The number of rotatable bonds is 4. The van der Waals surface area contributed by atoms with Crippen LogP contribution in [-0.2, 0) is 6.54 Å². The number of nitrogens with zero attached hydrogens (tertiary/aromatic N) is 1. The molecule has 0 aliphatic rings. The van der Waals surface area contributed by atoms with Gasteiger partial charge in [-0.2, -0.15) is 0 Å². The van der Waals surface area contributed by atoms with Gasteiger partial charge in [0.05, 0.1) is 7.11 Å². The monoisotopic (exact) mass is 319 g/mol. The molecule has 0 amide bonds. The molecule has 2 rings (SSSR count). The molecular formula is C12H11ClFNO2S2. The number of ether oxygens (including phenoxy) is 1. The van der Waals surface area contributed by atoms with Gasteiger partial charge < -0.3 is 9.64 Å². The molecule has 2 aromatic rings. The van der Waals surface area contributed by atoms with Gasteiger partial charge in [-0.05, 0) is 28.0 Å².